The number of carbonyl (C=O) groups is 1. The fraction of sp³-hybridized carbons (Fsp3) is 0.364. The Morgan fingerprint density at radius 3 is 2.80 bits per heavy atom. The highest BCUT2D eigenvalue weighted by molar-refractivity contribution is 5.92. The molecule has 4 atom stereocenters. The van der Waals surface area contributed by atoms with Gasteiger partial charge in [0.2, 0.25) is 0 Å². The van der Waals surface area contributed by atoms with E-state index < -0.39 is 23.1 Å². The summed E-state index contributed by atoms with van der Waals surface area (Å²) >= 11 is 0. The van der Waals surface area contributed by atoms with Gasteiger partial charge in [0, 0.05) is 35.5 Å². The quantitative estimate of drug-likeness (QED) is 0.257. The molecule has 0 radical (unpaired) electrons. The lowest BCUT2D eigenvalue weighted by Gasteiger charge is -2.62. The Labute approximate surface area is 231 Å². The summed E-state index contributed by atoms with van der Waals surface area (Å²) in [5, 5.41) is 24.8. The van der Waals surface area contributed by atoms with E-state index in [2.05, 4.69) is 9.88 Å². The lowest BCUT2D eigenvalue weighted by atomic mass is 9.49. The molecule has 3 N–H and O–H groups in total. The van der Waals surface area contributed by atoms with Crippen LogP contribution >= 0.6 is 0 Å². The number of likely N-dealkylation sites (tertiary alicyclic amines) is 1. The predicted octanol–water partition coefficient (Wildman–Crippen LogP) is 4.79. The maximum Gasteiger partial charge on any atom is 0.343 e. The fourth-order valence-electron chi connectivity index (χ4n) is 8.40. The van der Waals surface area contributed by atoms with Crippen LogP contribution in [-0.2, 0) is 18.3 Å². The Hall–Kier alpha value is -3.81. The smallest absolute Gasteiger partial charge is 0.343 e. The van der Waals surface area contributed by atoms with Gasteiger partial charge in [0.25, 0.3) is 0 Å². The van der Waals surface area contributed by atoms with Gasteiger partial charge in [-0.3, -0.25) is 4.90 Å². The van der Waals surface area contributed by atoms with E-state index in [1.807, 2.05) is 36.4 Å². The van der Waals surface area contributed by atoms with Crippen LogP contribution in [0.4, 0.5) is 0 Å². The number of piperidine rings is 1. The average Bonchev–Trinajstić information content (AvgIpc) is 3.60. The number of H-pyrrole nitrogens is 1. The van der Waals surface area contributed by atoms with Crippen LogP contribution in [0.25, 0.3) is 10.9 Å². The number of aliphatic hydroxyl groups is 1. The van der Waals surface area contributed by atoms with Crippen molar-refractivity contribution in [1.29, 1.82) is 0 Å². The van der Waals surface area contributed by atoms with Crippen molar-refractivity contribution in [2.24, 2.45) is 5.92 Å². The van der Waals surface area contributed by atoms with E-state index in [4.69, 9.17) is 9.47 Å². The Kier molecular flexibility index (Phi) is 4.41. The number of aromatic nitrogens is 1. The number of carbonyl (C=O) groups excluding carboxylic acids is 1. The number of rotatable bonds is 4. The van der Waals surface area contributed by atoms with E-state index in [0.29, 0.717) is 23.5 Å². The predicted molar refractivity (Wildman–Crippen MR) is 148 cm³/mol. The summed E-state index contributed by atoms with van der Waals surface area (Å²) in [5.74, 6) is 1.44. The number of benzene rings is 3. The van der Waals surface area contributed by atoms with Crippen LogP contribution in [0, 0.1) is 5.92 Å². The Morgan fingerprint density at radius 2 is 1.98 bits per heavy atom. The second-order valence-corrected chi connectivity index (χ2v) is 12.4. The van der Waals surface area contributed by atoms with Crippen LogP contribution in [0.1, 0.15) is 58.1 Å². The molecule has 1 saturated heterocycles. The topological polar surface area (TPSA) is 95.0 Å². The molecule has 3 heterocycles. The van der Waals surface area contributed by atoms with Crippen molar-refractivity contribution < 1.29 is 24.5 Å². The molecule has 40 heavy (non-hydrogen) atoms. The first-order valence-electron chi connectivity index (χ1n) is 14.4. The SMILES string of the molecule is O=C(Oc1ccc2[nH]c3c(c2c1)C[C@@]1(O)[C@H]2Cc4ccc(O)c5c4[C@@]1(CCN2CC1CC1)[C@@H]3O5)c1ccccc1. The summed E-state index contributed by atoms with van der Waals surface area (Å²) in [6.07, 6.45) is 4.08. The third-order valence-electron chi connectivity index (χ3n) is 10.4. The number of esters is 1. The summed E-state index contributed by atoms with van der Waals surface area (Å²) in [7, 11) is 0. The van der Waals surface area contributed by atoms with Crippen molar-refractivity contribution in [2.75, 3.05) is 13.1 Å². The summed E-state index contributed by atoms with van der Waals surface area (Å²) in [6.45, 7) is 1.93. The van der Waals surface area contributed by atoms with E-state index in [1.54, 1.807) is 24.3 Å². The van der Waals surface area contributed by atoms with Crippen LogP contribution in [-0.4, -0.2) is 50.8 Å². The highest BCUT2D eigenvalue weighted by Gasteiger charge is 2.72. The number of fused-ring (bicyclic) bond motifs is 4. The number of aromatic amines is 1. The zero-order valence-electron chi connectivity index (χ0n) is 22.0. The third kappa shape index (κ3) is 2.84. The Morgan fingerprint density at radius 1 is 1.12 bits per heavy atom. The van der Waals surface area contributed by atoms with Crippen molar-refractivity contribution in [3.8, 4) is 17.2 Å². The molecule has 0 amide bonds. The maximum absolute atomic E-state index is 13.0. The standard InChI is InChI=1S/C33H30N2O5/c36-25-11-8-20-14-26-33(38)16-23-22-15-21(39-31(37)19-4-2-1-3-5-19)9-10-24(22)34-28(23)30-32(33,27(20)29(25)40-30)12-13-35(26)17-18-6-7-18/h1-5,8-11,15,18,26,30,34,36,38H,6-7,12-14,16-17H2/t26-,30-,32+,33-/m1/s1. The molecule has 202 valence electrons. The highest BCUT2D eigenvalue weighted by atomic mass is 16.5. The van der Waals surface area contributed by atoms with E-state index in [-0.39, 0.29) is 11.8 Å². The van der Waals surface area contributed by atoms with Crippen LogP contribution in [0.15, 0.2) is 60.7 Å². The van der Waals surface area contributed by atoms with Gasteiger partial charge in [0.15, 0.2) is 17.6 Å². The molecule has 3 aromatic carbocycles. The van der Waals surface area contributed by atoms with Crippen LogP contribution < -0.4 is 9.47 Å². The van der Waals surface area contributed by atoms with Crippen molar-refractivity contribution in [2.45, 2.75) is 55.3 Å². The van der Waals surface area contributed by atoms with E-state index in [9.17, 15) is 15.0 Å². The molecule has 7 heteroatoms. The number of hydrogen-bond acceptors (Lipinski definition) is 6. The highest BCUT2D eigenvalue weighted by Crippen LogP contribution is 2.69. The molecule has 2 fully saturated rings. The maximum atomic E-state index is 13.0. The second kappa shape index (κ2) is 7.68. The third-order valence-corrected chi connectivity index (χ3v) is 10.4. The monoisotopic (exact) mass is 534 g/mol. The summed E-state index contributed by atoms with van der Waals surface area (Å²) in [5.41, 5.74) is 3.86. The van der Waals surface area contributed by atoms with Crippen molar-refractivity contribution in [3.63, 3.8) is 0 Å². The van der Waals surface area contributed by atoms with Gasteiger partial charge in [-0.05, 0) is 85.7 Å². The number of ether oxygens (including phenoxy) is 2. The zero-order chi connectivity index (χ0) is 26.8. The van der Waals surface area contributed by atoms with Gasteiger partial charge in [-0.15, -0.1) is 0 Å². The van der Waals surface area contributed by atoms with Gasteiger partial charge in [0.1, 0.15) is 5.75 Å². The minimum atomic E-state index is -1.06. The lowest BCUT2D eigenvalue weighted by Crippen LogP contribution is -2.74. The fourth-order valence-corrected chi connectivity index (χ4v) is 8.40. The summed E-state index contributed by atoms with van der Waals surface area (Å²) < 4.78 is 12.4. The molecule has 2 bridgehead atoms. The summed E-state index contributed by atoms with van der Waals surface area (Å²) in [4.78, 5) is 18.9. The van der Waals surface area contributed by atoms with Gasteiger partial charge < -0.3 is 24.7 Å². The van der Waals surface area contributed by atoms with Gasteiger partial charge in [-0.1, -0.05) is 24.3 Å². The number of nitrogens with zero attached hydrogens (tertiary/aromatic N) is 1. The molecule has 1 spiro atoms. The van der Waals surface area contributed by atoms with Crippen LogP contribution in [0.2, 0.25) is 0 Å². The first-order chi connectivity index (χ1) is 19.5. The van der Waals surface area contributed by atoms with Crippen molar-refractivity contribution in [1.82, 2.24) is 9.88 Å². The first-order valence-corrected chi connectivity index (χ1v) is 14.4. The minimum absolute atomic E-state index is 0.0341. The molecular weight excluding hydrogens is 504 g/mol. The molecule has 3 aliphatic carbocycles. The largest absolute Gasteiger partial charge is 0.504 e. The molecular formula is C33H30N2O5. The average molecular weight is 535 g/mol. The van der Waals surface area contributed by atoms with Crippen molar-refractivity contribution >= 4 is 16.9 Å². The zero-order valence-corrected chi connectivity index (χ0v) is 22.0. The van der Waals surface area contributed by atoms with E-state index in [0.717, 1.165) is 59.6 Å². The van der Waals surface area contributed by atoms with E-state index >= 15 is 0 Å². The number of phenolic OH excluding ortho intramolecular Hbond substituents is 1. The first kappa shape index (κ1) is 22.9. The molecule has 1 aromatic heterocycles. The van der Waals surface area contributed by atoms with Gasteiger partial charge in [-0.2, -0.15) is 0 Å². The molecule has 2 aliphatic heterocycles. The second-order valence-electron chi connectivity index (χ2n) is 12.4. The molecule has 9 rings (SSSR count). The normalized spacial score (nSPS) is 29.5. The molecule has 1 saturated carbocycles. The Balaban J connectivity index is 1.19. The molecule has 4 aromatic rings. The van der Waals surface area contributed by atoms with Gasteiger partial charge in [-0.25, -0.2) is 4.79 Å². The number of nitrogens with one attached hydrogen (secondary N) is 1. The minimum Gasteiger partial charge on any atom is -0.504 e. The van der Waals surface area contributed by atoms with Crippen LogP contribution in [0.3, 0.4) is 0 Å². The number of phenols is 1. The Bertz CT molecular complexity index is 1730. The van der Waals surface area contributed by atoms with Gasteiger partial charge >= 0.3 is 5.97 Å². The van der Waals surface area contributed by atoms with Gasteiger partial charge in [0.05, 0.1) is 22.3 Å². The lowest BCUT2D eigenvalue weighted by molar-refractivity contribution is -0.173. The number of aromatic hydroxyl groups is 1. The molecule has 5 aliphatic rings. The number of hydrogen-bond donors (Lipinski definition) is 3. The summed E-state index contributed by atoms with van der Waals surface area (Å²) in [6, 6.07) is 18.3. The molecule has 0 unspecified atom stereocenters. The van der Waals surface area contributed by atoms with E-state index in [1.165, 1.54) is 18.4 Å². The van der Waals surface area contributed by atoms with Crippen LogP contribution in [0.5, 0.6) is 17.2 Å². The molecule has 7 nitrogen and oxygen atoms in total. The van der Waals surface area contributed by atoms with Crippen molar-refractivity contribution in [3.05, 3.63) is 88.6 Å².